The Hall–Kier alpha value is -2.54. The van der Waals surface area contributed by atoms with Crippen LogP contribution in [0.15, 0.2) is 52.4 Å². The molecule has 2 aromatic carbocycles. The number of aliphatic imine (C=N–C) groups is 1. The fourth-order valence-corrected chi connectivity index (χ4v) is 3.73. The summed E-state index contributed by atoms with van der Waals surface area (Å²) in [6.45, 7) is 6.97. The first kappa shape index (κ1) is 21.8. The summed E-state index contributed by atoms with van der Waals surface area (Å²) >= 11 is 0. The molecule has 0 spiro atoms. The number of guanidine groups is 1. The summed E-state index contributed by atoms with van der Waals surface area (Å²) < 4.78 is 29.3. The summed E-state index contributed by atoms with van der Waals surface area (Å²) in [4.78, 5) is 4.58. The van der Waals surface area contributed by atoms with Gasteiger partial charge >= 0.3 is 0 Å². The molecule has 2 aromatic rings. The average Bonchev–Trinajstić information content (AvgIpc) is 2.63. The number of nitrogens with one attached hydrogen (secondary N) is 2. The van der Waals surface area contributed by atoms with Gasteiger partial charge in [0, 0.05) is 19.8 Å². The van der Waals surface area contributed by atoms with Crippen LogP contribution in [0.3, 0.4) is 0 Å². The zero-order valence-electron chi connectivity index (χ0n) is 17.1. The van der Waals surface area contributed by atoms with Crippen molar-refractivity contribution in [1.29, 1.82) is 0 Å². The van der Waals surface area contributed by atoms with Gasteiger partial charge in [-0.15, -0.1) is 0 Å². The number of sulfone groups is 1. The summed E-state index contributed by atoms with van der Waals surface area (Å²) in [5.74, 6) is 1.49. The number of hydrogen-bond acceptors (Lipinski definition) is 4. The van der Waals surface area contributed by atoms with Crippen LogP contribution in [0, 0.1) is 13.8 Å². The maximum atomic E-state index is 11.7. The number of rotatable bonds is 7. The molecule has 152 valence electrons. The van der Waals surface area contributed by atoms with E-state index in [0.717, 1.165) is 16.9 Å². The number of hydrogen-bond donors (Lipinski definition) is 2. The monoisotopic (exact) mass is 403 g/mol. The molecule has 0 aliphatic carbocycles. The Kier molecular flexibility index (Phi) is 7.45. The third-order valence-electron chi connectivity index (χ3n) is 4.24. The third kappa shape index (κ3) is 6.56. The molecule has 1 atom stereocenters. The summed E-state index contributed by atoms with van der Waals surface area (Å²) in [7, 11) is -1.50. The molecule has 0 fully saturated rings. The van der Waals surface area contributed by atoms with Crippen molar-refractivity contribution in [2.45, 2.75) is 38.3 Å². The maximum Gasteiger partial charge on any atom is 0.191 e. The molecule has 0 radical (unpaired) electrons. The lowest BCUT2D eigenvalue weighted by Gasteiger charge is -2.18. The highest BCUT2D eigenvalue weighted by molar-refractivity contribution is 7.90. The van der Waals surface area contributed by atoms with Gasteiger partial charge in [-0.25, -0.2) is 8.42 Å². The van der Waals surface area contributed by atoms with Gasteiger partial charge in [0.05, 0.1) is 11.4 Å². The molecule has 2 N–H and O–H groups in total. The lowest BCUT2D eigenvalue weighted by Crippen LogP contribution is -2.41. The average molecular weight is 404 g/mol. The van der Waals surface area contributed by atoms with Crippen LogP contribution in [-0.2, 0) is 16.4 Å². The molecule has 0 heterocycles. The van der Waals surface area contributed by atoms with Crippen molar-refractivity contribution < 1.29 is 13.2 Å². The summed E-state index contributed by atoms with van der Waals surface area (Å²) in [6, 6.07) is 13.3. The van der Waals surface area contributed by atoms with Crippen LogP contribution >= 0.6 is 0 Å². The van der Waals surface area contributed by atoms with Crippen molar-refractivity contribution in [2.75, 3.05) is 19.8 Å². The molecule has 0 saturated heterocycles. The molecular formula is C21H29N3O3S. The van der Waals surface area contributed by atoms with Gasteiger partial charge < -0.3 is 15.4 Å². The highest BCUT2D eigenvalue weighted by atomic mass is 32.2. The number of benzene rings is 2. The fourth-order valence-electron chi connectivity index (χ4n) is 2.78. The standard InChI is InChI=1S/C21H29N3O3S/c1-15-6-9-19(10-7-15)27-17(3)13-23-21(22-4)24-14-18-8-11-20(16(2)12-18)28(5,25)26/h6-12,17H,13-14H2,1-5H3,(H2,22,23,24). The Morgan fingerprint density at radius 1 is 1.11 bits per heavy atom. The van der Waals surface area contributed by atoms with E-state index in [0.29, 0.717) is 23.9 Å². The first-order valence-electron chi connectivity index (χ1n) is 9.16. The van der Waals surface area contributed by atoms with E-state index < -0.39 is 9.84 Å². The minimum Gasteiger partial charge on any atom is -0.489 e. The van der Waals surface area contributed by atoms with Crippen molar-refractivity contribution in [3.8, 4) is 5.75 Å². The lowest BCUT2D eigenvalue weighted by molar-refractivity contribution is 0.224. The van der Waals surface area contributed by atoms with Crippen LogP contribution < -0.4 is 15.4 Å². The molecule has 0 amide bonds. The van der Waals surface area contributed by atoms with Gasteiger partial charge in [-0.3, -0.25) is 4.99 Å². The van der Waals surface area contributed by atoms with Gasteiger partial charge in [-0.05, 0) is 50.1 Å². The van der Waals surface area contributed by atoms with Crippen molar-refractivity contribution in [3.63, 3.8) is 0 Å². The first-order valence-corrected chi connectivity index (χ1v) is 11.1. The first-order chi connectivity index (χ1) is 13.2. The van der Waals surface area contributed by atoms with Crippen molar-refractivity contribution in [1.82, 2.24) is 10.6 Å². The normalized spacial score (nSPS) is 13.1. The van der Waals surface area contributed by atoms with E-state index in [1.54, 1.807) is 20.0 Å². The van der Waals surface area contributed by atoms with Crippen LogP contribution in [0.25, 0.3) is 0 Å². The fraction of sp³-hybridized carbons (Fsp3) is 0.381. The molecule has 0 aromatic heterocycles. The molecule has 7 heteroatoms. The van der Waals surface area contributed by atoms with E-state index in [-0.39, 0.29) is 6.10 Å². The molecule has 0 saturated carbocycles. The summed E-state index contributed by atoms with van der Waals surface area (Å²) in [6.07, 6.45) is 1.19. The Morgan fingerprint density at radius 3 is 2.36 bits per heavy atom. The zero-order chi connectivity index (χ0) is 20.7. The van der Waals surface area contributed by atoms with E-state index in [2.05, 4.69) is 15.6 Å². The molecule has 0 aliphatic rings. The second kappa shape index (κ2) is 9.59. The molecule has 0 bridgehead atoms. The van der Waals surface area contributed by atoms with Gasteiger partial charge in [0.15, 0.2) is 15.8 Å². The zero-order valence-corrected chi connectivity index (χ0v) is 17.9. The predicted octanol–water partition coefficient (Wildman–Crippen LogP) is 2.84. The Bertz CT molecular complexity index is 922. The largest absolute Gasteiger partial charge is 0.489 e. The van der Waals surface area contributed by atoms with Crippen molar-refractivity contribution >= 4 is 15.8 Å². The number of ether oxygens (including phenoxy) is 1. The molecule has 2 rings (SSSR count). The topological polar surface area (TPSA) is 79.8 Å². The van der Waals surface area contributed by atoms with Gasteiger partial charge in [0.1, 0.15) is 11.9 Å². The second-order valence-corrected chi connectivity index (χ2v) is 8.90. The summed E-state index contributed by atoms with van der Waals surface area (Å²) in [5, 5.41) is 6.47. The second-order valence-electron chi connectivity index (χ2n) is 6.92. The Labute approximate surface area is 168 Å². The van der Waals surface area contributed by atoms with E-state index in [1.807, 2.05) is 50.2 Å². The minimum atomic E-state index is -3.20. The minimum absolute atomic E-state index is 0.0301. The molecule has 1 unspecified atom stereocenters. The highest BCUT2D eigenvalue weighted by Crippen LogP contribution is 2.16. The van der Waals surface area contributed by atoms with Gasteiger partial charge in [0.25, 0.3) is 0 Å². The van der Waals surface area contributed by atoms with Gasteiger partial charge in [-0.2, -0.15) is 0 Å². The smallest absolute Gasteiger partial charge is 0.191 e. The van der Waals surface area contributed by atoms with Crippen LogP contribution in [0.4, 0.5) is 0 Å². The molecule has 28 heavy (non-hydrogen) atoms. The van der Waals surface area contributed by atoms with E-state index in [4.69, 9.17) is 4.74 Å². The third-order valence-corrected chi connectivity index (χ3v) is 5.49. The molecule has 6 nitrogen and oxygen atoms in total. The number of aryl methyl sites for hydroxylation is 2. The Morgan fingerprint density at radius 2 is 1.79 bits per heavy atom. The van der Waals surface area contributed by atoms with Crippen LogP contribution in [0.1, 0.15) is 23.6 Å². The Balaban J connectivity index is 1.86. The molecular weight excluding hydrogens is 374 g/mol. The predicted molar refractivity (Wildman–Crippen MR) is 114 cm³/mol. The van der Waals surface area contributed by atoms with E-state index in [1.165, 1.54) is 11.8 Å². The highest BCUT2D eigenvalue weighted by Gasteiger charge is 2.11. The van der Waals surface area contributed by atoms with Crippen LogP contribution in [0.2, 0.25) is 0 Å². The lowest BCUT2D eigenvalue weighted by atomic mass is 10.1. The van der Waals surface area contributed by atoms with Crippen molar-refractivity contribution in [3.05, 3.63) is 59.2 Å². The number of nitrogens with zero attached hydrogens (tertiary/aromatic N) is 1. The van der Waals surface area contributed by atoms with Crippen LogP contribution in [0.5, 0.6) is 5.75 Å². The molecule has 0 aliphatic heterocycles. The maximum absolute atomic E-state index is 11.7. The quantitative estimate of drug-likeness (QED) is 0.549. The van der Waals surface area contributed by atoms with Crippen molar-refractivity contribution in [2.24, 2.45) is 4.99 Å². The summed E-state index contributed by atoms with van der Waals surface area (Å²) in [5.41, 5.74) is 2.92. The van der Waals surface area contributed by atoms with E-state index in [9.17, 15) is 8.42 Å². The van der Waals surface area contributed by atoms with Gasteiger partial charge in [0.2, 0.25) is 0 Å². The SMILES string of the molecule is CN=C(NCc1ccc(S(C)(=O)=O)c(C)c1)NCC(C)Oc1ccc(C)cc1. The van der Waals surface area contributed by atoms with E-state index >= 15 is 0 Å². The van der Waals surface area contributed by atoms with Gasteiger partial charge in [-0.1, -0.05) is 29.8 Å². The van der Waals surface area contributed by atoms with Crippen LogP contribution in [-0.4, -0.2) is 40.3 Å².